The third-order valence-corrected chi connectivity index (χ3v) is 3.10. The summed E-state index contributed by atoms with van der Waals surface area (Å²) in [5, 5.41) is 9.88. The summed E-state index contributed by atoms with van der Waals surface area (Å²) < 4.78 is 0. The van der Waals surface area contributed by atoms with Crippen LogP contribution in [0.25, 0.3) is 6.08 Å². The highest BCUT2D eigenvalue weighted by Gasteiger charge is 2.09. The highest BCUT2D eigenvalue weighted by molar-refractivity contribution is 5.51. The third kappa shape index (κ3) is 3.01. The average Bonchev–Trinajstić information content (AvgIpc) is 2.42. The molecule has 0 amide bonds. The lowest BCUT2D eigenvalue weighted by atomic mass is 9.94. The first-order chi connectivity index (χ1) is 8.81. The van der Waals surface area contributed by atoms with E-state index in [0.29, 0.717) is 5.75 Å². The lowest BCUT2D eigenvalue weighted by Gasteiger charge is -2.12. The highest BCUT2D eigenvalue weighted by atomic mass is 16.3. The molecule has 2 rings (SSSR count). The Bertz CT molecular complexity index is 514. The predicted molar refractivity (Wildman–Crippen MR) is 76.6 cm³/mol. The van der Waals surface area contributed by atoms with Gasteiger partial charge >= 0.3 is 0 Å². The molecule has 0 spiro atoms. The number of hydrogen-bond acceptors (Lipinski definition) is 1. The van der Waals surface area contributed by atoms with Gasteiger partial charge < -0.3 is 5.11 Å². The van der Waals surface area contributed by atoms with Crippen LogP contribution in [0.5, 0.6) is 5.75 Å². The summed E-state index contributed by atoms with van der Waals surface area (Å²) in [6.07, 6.45) is 5.24. The summed E-state index contributed by atoms with van der Waals surface area (Å²) in [6.45, 7) is 2.13. The molecule has 2 aromatic carbocycles. The molecule has 0 fully saturated rings. The molecular formula is C17H18O. The Morgan fingerprint density at radius 1 is 1.00 bits per heavy atom. The van der Waals surface area contributed by atoms with Crippen molar-refractivity contribution in [3.63, 3.8) is 0 Å². The number of allylic oxidation sites excluding steroid dienone is 1. The predicted octanol–water partition coefficient (Wildman–Crippen LogP) is 4.60. The van der Waals surface area contributed by atoms with Crippen molar-refractivity contribution in [2.24, 2.45) is 0 Å². The van der Waals surface area contributed by atoms with E-state index in [1.165, 1.54) is 5.56 Å². The van der Waals surface area contributed by atoms with E-state index in [9.17, 15) is 5.11 Å². The maximum atomic E-state index is 9.88. The lowest BCUT2D eigenvalue weighted by Crippen LogP contribution is -1.93. The molecule has 1 nitrogen and oxygen atoms in total. The van der Waals surface area contributed by atoms with Gasteiger partial charge in [-0.15, -0.1) is 0 Å². The second-order valence-electron chi connectivity index (χ2n) is 4.34. The topological polar surface area (TPSA) is 20.2 Å². The van der Waals surface area contributed by atoms with E-state index in [1.807, 2.05) is 36.4 Å². The molecule has 1 unspecified atom stereocenters. The van der Waals surface area contributed by atoms with Gasteiger partial charge in [-0.3, -0.25) is 0 Å². The number of benzene rings is 2. The number of para-hydroxylation sites is 1. The molecule has 92 valence electrons. The first kappa shape index (κ1) is 12.4. The highest BCUT2D eigenvalue weighted by Crippen LogP contribution is 2.29. The van der Waals surface area contributed by atoms with E-state index in [0.717, 1.165) is 12.0 Å². The normalized spacial score (nSPS) is 12.7. The molecule has 0 bridgehead atoms. The summed E-state index contributed by atoms with van der Waals surface area (Å²) in [4.78, 5) is 0. The van der Waals surface area contributed by atoms with E-state index < -0.39 is 0 Å². The average molecular weight is 238 g/mol. The standard InChI is InChI=1S/C17H18O/c1-2-15(16-10-6-7-11-17(16)18)13-12-14-8-4-3-5-9-14/h3-13,15,18H,2H2,1H3/b13-12-. The molecule has 1 N–H and O–H groups in total. The Hall–Kier alpha value is -2.02. The van der Waals surface area contributed by atoms with Crippen LogP contribution >= 0.6 is 0 Å². The molecule has 0 heterocycles. The summed E-state index contributed by atoms with van der Waals surface area (Å²) in [7, 11) is 0. The maximum absolute atomic E-state index is 9.88. The van der Waals surface area contributed by atoms with E-state index in [1.54, 1.807) is 6.07 Å². The molecule has 18 heavy (non-hydrogen) atoms. The number of phenolic OH excluding ortho intramolecular Hbond substituents is 1. The van der Waals surface area contributed by atoms with Gasteiger partial charge in [0.2, 0.25) is 0 Å². The van der Waals surface area contributed by atoms with Gasteiger partial charge in [0.15, 0.2) is 0 Å². The van der Waals surface area contributed by atoms with Crippen LogP contribution in [0.3, 0.4) is 0 Å². The van der Waals surface area contributed by atoms with Crippen LogP contribution in [-0.4, -0.2) is 5.11 Å². The van der Waals surface area contributed by atoms with Gasteiger partial charge in [-0.1, -0.05) is 67.6 Å². The minimum absolute atomic E-state index is 0.256. The second-order valence-corrected chi connectivity index (χ2v) is 4.34. The molecule has 0 saturated carbocycles. The quantitative estimate of drug-likeness (QED) is 0.825. The van der Waals surface area contributed by atoms with Crippen molar-refractivity contribution >= 4 is 6.08 Å². The fraction of sp³-hybridized carbons (Fsp3) is 0.176. The number of hydrogen-bond donors (Lipinski definition) is 1. The van der Waals surface area contributed by atoms with E-state index in [4.69, 9.17) is 0 Å². The van der Waals surface area contributed by atoms with Crippen molar-refractivity contribution < 1.29 is 5.11 Å². The van der Waals surface area contributed by atoms with Crippen molar-refractivity contribution in [2.45, 2.75) is 19.3 Å². The Morgan fingerprint density at radius 2 is 1.67 bits per heavy atom. The molecule has 0 aliphatic rings. The fourth-order valence-corrected chi connectivity index (χ4v) is 2.05. The van der Waals surface area contributed by atoms with E-state index in [2.05, 4.69) is 31.2 Å². The second kappa shape index (κ2) is 6.06. The Kier molecular flexibility index (Phi) is 4.19. The zero-order valence-electron chi connectivity index (χ0n) is 10.6. The summed E-state index contributed by atoms with van der Waals surface area (Å²) in [5.41, 5.74) is 2.18. The smallest absolute Gasteiger partial charge is 0.119 e. The van der Waals surface area contributed by atoms with E-state index >= 15 is 0 Å². The first-order valence-electron chi connectivity index (χ1n) is 6.32. The van der Waals surface area contributed by atoms with Crippen LogP contribution in [-0.2, 0) is 0 Å². The zero-order chi connectivity index (χ0) is 12.8. The van der Waals surface area contributed by atoms with Gasteiger partial charge in [0.25, 0.3) is 0 Å². The Labute approximate surface area is 108 Å². The fourth-order valence-electron chi connectivity index (χ4n) is 2.05. The monoisotopic (exact) mass is 238 g/mol. The molecular weight excluding hydrogens is 220 g/mol. The molecule has 0 aliphatic heterocycles. The number of phenols is 1. The van der Waals surface area contributed by atoms with Gasteiger partial charge in [0.1, 0.15) is 5.75 Å². The van der Waals surface area contributed by atoms with Crippen LogP contribution in [0.2, 0.25) is 0 Å². The molecule has 0 radical (unpaired) electrons. The SMILES string of the molecule is CCC(/C=C\c1ccccc1)c1ccccc1O. The van der Waals surface area contributed by atoms with Gasteiger partial charge in [-0.05, 0) is 18.1 Å². The molecule has 0 saturated heterocycles. The Balaban J connectivity index is 2.21. The molecule has 1 heteroatoms. The minimum atomic E-state index is 0.256. The minimum Gasteiger partial charge on any atom is -0.508 e. The number of aromatic hydroxyl groups is 1. The molecule has 1 atom stereocenters. The van der Waals surface area contributed by atoms with Crippen LogP contribution in [0, 0.1) is 0 Å². The molecule has 2 aromatic rings. The third-order valence-electron chi connectivity index (χ3n) is 3.10. The van der Waals surface area contributed by atoms with Crippen LogP contribution in [0.15, 0.2) is 60.7 Å². The summed E-state index contributed by atoms with van der Waals surface area (Å²) >= 11 is 0. The van der Waals surface area contributed by atoms with Crippen LogP contribution in [0.1, 0.15) is 30.4 Å². The van der Waals surface area contributed by atoms with Crippen molar-refractivity contribution in [3.05, 3.63) is 71.8 Å². The van der Waals surface area contributed by atoms with Crippen LogP contribution in [0.4, 0.5) is 0 Å². The number of rotatable bonds is 4. The summed E-state index contributed by atoms with van der Waals surface area (Å²) in [6, 6.07) is 17.8. The van der Waals surface area contributed by atoms with Crippen molar-refractivity contribution in [2.75, 3.05) is 0 Å². The zero-order valence-corrected chi connectivity index (χ0v) is 10.6. The molecule has 0 aromatic heterocycles. The van der Waals surface area contributed by atoms with Crippen molar-refractivity contribution in [1.82, 2.24) is 0 Å². The van der Waals surface area contributed by atoms with Crippen LogP contribution < -0.4 is 0 Å². The van der Waals surface area contributed by atoms with Gasteiger partial charge in [-0.2, -0.15) is 0 Å². The molecule has 0 aliphatic carbocycles. The van der Waals surface area contributed by atoms with Gasteiger partial charge in [0.05, 0.1) is 0 Å². The largest absolute Gasteiger partial charge is 0.508 e. The van der Waals surface area contributed by atoms with Gasteiger partial charge in [0, 0.05) is 11.5 Å². The Morgan fingerprint density at radius 3 is 2.33 bits per heavy atom. The van der Waals surface area contributed by atoms with Crippen molar-refractivity contribution in [1.29, 1.82) is 0 Å². The summed E-state index contributed by atoms with van der Waals surface area (Å²) in [5.74, 6) is 0.633. The van der Waals surface area contributed by atoms with Gasteiger partial charge in [-0.25, -0.2) is 0 Å². The maximum Gasteiger partial charge on any atom is 0.119 e. The van der Waals surface area contributed by atoms with E-state index in [-0.39, 0.29) is 5.92 Å². The lowest BCUT2D eigenvalue weighted by molar-refractivity contribution is 0.464. The first-order valence-corrected chi connectivity index (χ1v) is 6.32. The van der Waals surface area contributed by atoms with Crippen molar-refractivity contribution in [3.8, 4) is 5.75 Å².